The fourth-order valence-electron chi connectivity index (χ4n) is 3.59. The van der Waals surface area contributed by atoms with Crippen molar-refractivity contribution in [2.45, 2.75) is 0 Å². The van der Waals surface area contributed by atoms with E-state index >= 15 is 0 Å². The molecular formula is C21H18BrNO5. The molecule has 0 atom stereocenters. The van der Waals surface area contributed by atoms with Gasteiger partial charge in [-0.1, -0.05) is 28.1 Å². The molecule has 0 bridgehead atoms. The zero-order chi connectivity index (χ0) is 19.1. The minimum Gasteiger partial charge on any atom is -0.486 e. The second-order valence-corrected chi connectivity index (χ2v) is 7.56. The topological polar surface area (TPSA) is 61.1 Å². The number of anilines is 1. The summed E-state index contributed by atoms with van der Waals surface area (Å²) in [6, 6.07) is 11.0. The number of hydrogen-bond donors (Lipinski definition) is 0. The molecule has 6 nitrogen and oxygen atoms in total. The molecule has 1 aromatic heterocycles. The summed E-state index contributed by atoms with van der Waals surface area (Å²) in [6.07, 6.45) is 0. The summed E-state index contributed by atoms with van der Waals surface area (Å²) in [4.78, 5) is 14.8. The Labute approximate surface area is 169 Å². The van der Waals surface area contributed by atoms with E-state index in [4.69, 9.17) is 18.6 Å². The molecule has 5 rings (SSSR count). The number of morpholine rings is 1. The minimum absolute atomic E-state index is 0.0572. The summed E-state index contributed by atoms with van der Waals surface area (Å²) in [5.74, 6) is 1.97. The van der Waals surface area contributed by atoms with Crippen LogP contribution >= 0.6 is 15.9 Å². The van der Waals surface area contributed by atoms with Crippen LogP contribution in [0.2, 0.25) is 0 Å². The first kappa shape index (κ1) is 17.6. The largest absolute Gasteiger partial charge is 0.486 e. The number of nitrogens with zero attached hydrogens (tertiary/aromatic N) is 1. The Hall–Kier alpha value is -2.51. The van der Waals surface area contributed by atoms with Crippen molar-refractivity contribution in [1.29, 1.82) is 0 Å². The third-order valence-corrected chi connectivity index (χ3v) is 5.64. The maximum atomic E-state index is 12.8. The van der Waals surface area contributed by atoms with Crippen LogP contribution in [0.4, 0.5) is 5.88 Å². The molecule has 0 aliphatic carbocycles. The zero-order valence-electron chi connectivity index (χ0n) is 15.1. The Balaban J connectivity index is 1.69. The van der Waals surface area contributed by atoms with Gasteiger partial charge in [0.1, 0.15) is 18.8 Å². The lowest BCUT2D eigenvalue weighted by atomic mass is 10.0. The van der Waals surface area contributed by atoms with Gasteiger partial charge in [0.15, 0.2) is 22.8 Å². The van der Waals surface area contributed by atoms with Gasteiger partial charge in [0.05, 0.1) is 18.6 Å². The van der Waals surface area contributed by atoms with Crippen LogP contribution < -0.4 is 19.8 Å². The van der Waals surface area contributed by atoms with Crippen LogP contribution in [0.15, 0.2) is 50.1 Å². The van der Waals surface area contributed by atoms with E-state index in [0.717, 1.165) is 15.6 Å². The van der Waals surface area contributed by atoms with Gasteiger partial charge < -0.3 is 23.5 Å². The fourth-order valence-corrected chi connectivity index (χ4v) is 4.12. The first-order valence-electron chi connectivity index (χ1n) is 9.20. The quantitative estimate of drug-likeness (QED) is 0.599. The Bertz CT molecular complexity index is 1100. The van der Waals surface area contributed by atoms with Crippen molar-refractivity contribution in [3.63, 3.8) is 0 Å². The molecule has 0 amide bonds. The van der Waals surface area contributed by atoms with Crippen molar-refractivity contribution in [3.8, 4) is 22.6 Å². The van der Waals surface area contributed by atoms with Crippen molar-refractivity contribution in [1.82, 2.24) is 0 Å². The molecule has 2 aromatic carbocycles. The average molecular weight is 444 g/mol. The maximum Gasteiger partial charge on any atom is 0.200 e. The third kappa shape index (κ3) is 3.04. The summed E-state index contributed by atoms with van der Waals surface area (Å²) in [6.45, 7) is 3.69. The van der Waals surface area contributed by atoms with E-state index in [0.29, 0.717) is 67.9 Å². The van der Waals surface area contributed by atoms with E-state index < -0.39 is 0 Å². The van der Waals surface area contributed by atoms with Crippen molar-refractivity contribution in [2.75, 3.05) is 44.4 Å². The van der Waals surface area contributed by atoms with Crippen molar-refractivity contribution >= 4 is 32.8 Å². The molecule has 28 heavy (non-hydrogen) atoms. The third-order valence-electron chi connectivity index (χ3n) is 4.99. The number of fused-ring (bicyclic) bond motifs is 2. The number of ether oxygens (including phenoxy) is 3. The molecule has 0 radical (unpaired) electrons. The highest BCUT2D eigenvalue weighted by Crippen LogP contribution is 2.42. The lowest BCUT2D eigenvalue weighted by Crippen LogP contribution is -2.36. The Morgan fingerprint density at radius 2 is 1.64 bits per heavy atom. The molecule has 2 aliphatic heterocycles. The van der Waals surface area contributed by atoms with Crippen LogP contribution in [0.3, 0.4) is 0 Å². The molecule has 0 N–H and O–H groups in total. The van der Waals surface area contributed by atoms with Gasteiger partial charge in [-0.2, -0.15) is 0 Å². The highest BCUT2D eigenvalue weighted by Gasteiger charge is 2.20. The first-order valence-corrected chi connectivity index (χ1v) is 9.99. The van der Waals surface area contributed by atoms with Crippen molar-refractivity contribution < 1.29 is 18.6 Å². The number of benzene rings is 2. The summed E-state index contributed by atoms with van der Waals surface area (Å²) in [7, 11) is 0. The normalized spacial score (nSPS) is 16.4. The standard InChI is InChI=1S/C21H18BrNO5/c22-16-11-19-18(26-8-9-27-19)10-15(16)13-2-1-3-14-17(24)12-20(28-21(13)14)23-4-6-25-7-5-23/h1-3,10-12H,4-9H2. The SMILES string of the molecule is O=c1cc(N2CCOCC2)oc2c(-c3cc4c(cc3Br)OCCO4)cccc12. The zero-order valence-corrected chi connectivity index (χ0v) is 16.7. The van der Waals surface area contributed by atoms with Crippen LogP contribution in [0.1, 0.15) is 0 Å². The predicted octanol–water partition coefficient (Wildman–Crippen LogP) is 3.83. The van der Waals surface area contributed by atoms with Crippen LogP contribution in [0.25, 0.3) is 22.1 Å². The molecule has 144 valence electrons. The molecular weight excluding hydrogens is 426 g/mol. The minimum atomic E-state index is -0.0572. The summed E-state index contributed by atoms with van der Waals surface area (Å²) < 4.78 is 23.9. The molecule has 0 unspecified atom stereocenters. The van der Waals surface area contributed by atoms with E-state index in [1.54, 1.807) is 12.1 Å². The van der Waals surface area contributed by atoms with Gasteiger partial charge in [-0.05, 0) is 18.2 Å². The summed E-state index contributed by atoms with van der Waals surface area (Å²) in [5, 5.41) is 0.552. The lowest BCUT2D eigenvalue weighted by Gasteiger charge is -2.27. The molecule has 0 saturated carbocycles. The van der Waals surface area contributed by atoms with Crippen LogP contribution in [-0.2, 0) is 4.74 Å². The Kier molecular flexibility index (Phi) is 4.49. The predicted molar refractivity (Wildman–Crippen MR) is 110 cm³/mol. The molecule has 0 spiro atoms. The maximum absolute atomic E-state index is 12.8. The van der Waals surface area contributed by atoms with Crippen LogP contribution in [0.5, 0.6) is 11.5 Å². The number of halogens is 1. The molecule has 1 fully saturated rings. The van der Waals surface area contributed by atoms with Crippen LogP contribution in [0, 0.1) is 0 Å². The molecule has 3 aromatic rings. The van der Waals surface area contributed by atoms with E-state index in [1.165, 1.54) is 0 Å². The number of para-hydroxylation sites is 1. The van der Waals surface area contributed by atoms with Gasteiger partial charge in [-0.15, -0.1) is 0 Å². The van der Waals surface area contributed by atoms with Crippen molar-refractivity contribution in [2.24, 2.45) is 0 Å². The molecule has 2 aliphatic rings. The van der Waals surface area contributed by atoms with Gasteiger partial charge in [-0.3, -0.25) is 4.79 Å². The Morgan fingerprint density at radius 3 is 2.43 bits per heavy atom. The highest BCUT2D eigenvalue weighted by molar-refractivity contribution is 9.10. The van der Waals surface area contributed by atoms with E-state index in [1.807, 2.05) is 29.2 Å². The van der Waals surface area contributed by atoms with Crippen LogP contribution in [-0.4, -0.2) is 39.5 Å². The monoisotopic (exact) mass is 443 g/mol. The lowest BCUT2D eigenvalue weighted by molar-refractivity contribution is 0.121. The fraction of sp³-hybridized carbons (Fsp3) is 0.286. The molecule has 7 heteroatoms. The second-order valence-electron chi connectivity index (χ2n) is 6.71. The molecule has 3 heterocycles. The van der Waals surface area contributed by atoms with Gasteiger partial charge in [0.2, 0.25) is 0 Å². The van der Waals surface area contributed by atoms with E-state index in [9.17, 15) is 4.79 Å². The van der Waals surface area contributed by atoms with Gasteiger partial charge >= 0.3 is 0 Å². The van der Waals surface area contributed by atoms with Crippen molar-refractivity contribution in [3.05, 3.63) is 51.1 Å². The Morgan fingerprint density at radius 1 is 0.893 bits per heavy atom. The number of hydrogen-bond acceptors (Lipinski definition) is 6. The molecule has 1 saturated heterocycles. The smallest absolute Gasteiger partial charge is 0.200 e. The summed E-state index contributed by atoms with van der Waals surface area (Å²) >= 11 is 3.63. The van der Waals surface area contributed by atoms with E-state index in [-0.39, 0.29) is 5.43 Å². The number of rotatable bonds is 2. The highest BCUT2D eigenvalue weighted by atomic mass is 79.9. The first-order chi connectivity index (χ1) is 13.7. The summed E-state index contributed by atoms with van der Waals surface area (Å²) in [5.41, 5.74) is 2.22. The average Bonchev–Trinajstić information content (AvgIpc) is 2.73. The second kappa shape index (κ2) is 7.14. The van der Waals surface area contributed by atoms with Gasteiger partial charge in [-0.25, -0.2) is 0 Å². The van der Waals surface area contributed by atoms with Gasteiger partial charge in [0, 0.05) is 34.8 Å². The van der Waals surface area contributed by atoms with E-state index in [2.05, 4.69) is 15.9 Å². The van der Waals surface area contributed by atoms with Gasteiger partial charge in [0.25, 0.3) is 0 Å².